The van der Waals surface area contributed by atoms with E-state index < -0.39 is 0 Å². The van der Waals surface area contributed by atoms with Crippen molar-refractivity contribution in [3.8, 4) is 11.3 Å². The normalized spacial score (nSPS) is 26.3. The molecule has 1 aromatic carbocycles. The van der Waals surface area contributed by atoms with Crippen LogP contribution >= 0.6 is 0 Å². The third kappa shape index (κ3) is 2.41. The zero-order chi connectivity index (χ0) is 15.1. The Morgan fingerprint density at radius 1 is 1.41 bits per heavy atom. The second-order valence-electron chi connectivity index (χ2n) is 6.26. The van der Waals surface area contributed by atoms with Crippen LogP contribution < -0.4 is 10.6 Å². The van der Waals surface area contributed by atoms with Crippen molar-refractivity contribution < 1.29 is 9.21 Å². The first-order valence-corrected chi connectivity index (χ1v) is 7.79. The van der Waals surface area contributed by atoms with Gasteiger partial charge in [-0.1, -0.05) is 23.8 Å². The maximum Gasteiger partial charge on any atom is 0.307 e. The van der Waals surface area contributed by atoms with E-state index in [9.17, 15) is 4.79 Å². The van der Waals surface area contributed by atoms with Crippen molar-refractivity contribution in [2.24, 2.45) is 0 Å². The zero-order valence-corrected chi connectivity index (χ0v) is 12.5. The third-order valence-corrected chi connectivity index (χ3v) is 4.62. The maximum absolute atomic E-state index is 12.3. The number of aromatic nitrogens is 1. The summed E-state index contributed by atoms with van der Waals surface area (Å²) in [7, 11) is 0. The summed E-state index contributed by atoms with van der Waals surface area (Å²) < 4.78 is 5.63. The predicted octanol–water partition coefficient (Wildman–Crippen LogP) is 2.27. The van der Waals surface area contributed by atoms with Crippen LogP contribution in [0.5, 0.6) is 0 Å². The van der Waals surface area contributed by atoms with Gasteiger partial charge in [-0.05, 0) is 32.3 Å². The van der Waals surface area contributed by atoms with Gasteiger partial charge >= 0.3 is 5.91 Å². The Labute approximate surface area is 129 Å². The summed E-state index contributed by atoms with van der Waals surface area (Å²) in [5.74, 6) is 0.539. The highest BCUT2D eigenvalue weighted by atomic mass is 16.4. The van der Waals surface area contributed by atoms with Crippen LogP contribution in [0.15, 0.2) is 34.9 Å². The number of hydrogen-bond donors (Lipinski definition) is 2. The second-order valence-corrected chi connectivity index (χ2v) is 6.26. The third-order valence-electron chi connectivity index (χ3n) is 4.62. The molecule has 3 unspecified atom stereocenters. The molecule has 3 heterocycles. The summed E-state index contributed by atoms with van der Waals surface area (Å²) in [5.41, 5.74) is 2.08. The van der Waals surface area contributed by atoms with E-state index in [1.165, 1.54) is 6.42 Å². The first-order chi connectivity index (χ1) is 10.7. The van der Waals surface area contributed by atoms with E-state index in [-0.39, 0.29) is 17.8 Å². The smallest absolute Gasteiger partial charge is 0.307 e. The van der Waals surface area contributed by atoms with Crippen LogP contribution in [-0.4, -0.2) is 29.0 Å². The summed E-state index contributed by atoms with van der Waals surface area (Å²) in [6.45, 7) is 2.02. The van der Waals surface area contributed by atoms with Gasteiger partial charge in [0, 0.05) is 23.7 Å². The van der Waals surface area contributed by atoms with Crippen LogP contribution in [0.25, 0.3) is 11.3 Å². The summed E-state index contributed by atoms with van der Waals surface area (Å²) in [5, 5.41) is 6.55. The number of oxazole rings is 1. The Kier molecular flexibility index (Phi) is 3.22. The van der Waals surface area contributed by atoms with Gasteiger partial charge in [-0.2, -0.15) is 0 Å². The van der Waals surface area contributed by atoms with Crippen molar-refractivity contribution >= 4 is 5.91 Å². The Balaban J connectivity index is 1.48. The molecule has 1 aromatic heterocycles. The van der Waals surface area contributed by atoms with Crippen LogP contribution in [0, 0.1) is 6.92 Å². The molecule has 0 spiro atoms. The Hall–Kier alpha value is -2.14. The minimum Gasteiger partial charge on any atom is -0.432 e. The number of nitrogens with zero attached hydrogens (tertiary/aromatic N) is 1. The van der Waals surface area contributed by atoms with Crippen LogP contribution in [0.4, 0.5) is 0 Å². The molecule has 2 aliphatic rings. The summed E-state index contributed by atoms with van der Waals surface area (Å²) in [4.78, 5) is 16.4. The average Bonchev–Trinajstić information content (AvgIpc) is 3.23. The Bertz CT molecular complexity index is 709. The lowest BCUT2D eigenvalue weighted by molar-refractivity contribution is 0.0896. The van der Waals surface area contributed by atoms with E-state index in [0.29, 0.717) is 17.8 Å². The fourth-order valence-corrected chi connectivity index (χ4v) is 3.52. The van der Waals surface area contributed by atoms with E-state index in [0.717, 1.165) is 24.0 Å². The molecule has 2 fully saturated rings. The molecular weight excluding hydrogens is 278 g/mol. The van der Waals surface area contributed by atoms with Gasteiger partial charge in [0.2, 0.25) is 0 Å². The SMILES string of the molecule is Cc1cccc(-c2cnc(C(=O)NC3CC4CCC3N4)o2)c1. The molecule has 1 amide bonds. The number of amides is 1. The first-order valence-electron chi connectivity index (χ1n) is 7.79. The van der Waals surface area contributed by atoms with Crippen LogP contribution in [0.1, 0.15) is 35.5 Å². The highest BCUT2D eigenvalue weighted by Crippen LogP contribution is 2.28. The predicted molar refractivity (Wildman–Crippen MR) is 82.5 cm³/mol. The fraction of sp³-hybridized carbons (Fsp3) is 0.412. The van der Waals surface area contributed by atoms with Gasteiger partial charge in [0.25, 0.3) is 5.89 Å². The van der Waals surface area contributed by atoms with Crippen LogP contribution in [-0.2, 0) is 0 Å². The highest BCUT2D eigenvalue weighted by molar-refractivity contribution is 5.90. The molecule has 4 rings (SSSR count). The molecule has 5 nitrogen and oxygen atoms in total. The molecule has 0 saturated carbocycles. The van der Waals surface area contributed by atoms with Gasteiger partial charge in [-0.15, -0.1) is 0 Å². The summed E-state index contributed by atoms with van der Waals surface area (Å²) in [6.07, 6.45) is 4.97. The number of fused-ring (bicyclic) bond motifs is 2. The second kappa shape index (κ2) is 5.25. The average molecular weight is 297 g/mol. The lowest BCUT2D eigenvalue weighted by Crippen LogP contribution is -2.43. The molecule has 2 aromatic rings. The van der Waals surface area contributed by atoms with Crippen molar-refractivity contribution in [1.82, 2.24) is 15.6 Å². The first kappa shape index (κ1) is 13.5. The van der Waals surface area contributed by atoms with Crippen LogP contribution in [0.3, 0.4) is 0 Å². The van der Waals surface area contributed by atoms with Gasteiger partial charge < -0.3 is 15.1 Å². The molecule has 3 atom stereocenters. The number of rotatable bonds is 3. The lowest BCUT2D eigenvalue weighted by atomic mass is 9.95. The van der Waals surface area contributed by atoms with E-state index in [2.05, 4.69) is 15.6 Å². The topological polar surface area (TPSA) is 67.2 Å². The van der Waals surface area contributed by atoms with Gasteiger partial charge in [0.1, 0.15) is 0 Å². The monoisotopic (exact) mass is 297 g/mol. The van der Waals surface area contributed by atoms with Crippen LogP contribution in [0.2, 0.25) is 0 Å². The number of benzene rings is 1. The fourth-order valence-electron chi connectivity index (χ4n) is 3.52. The standard InChI is InChI=1S/C17H19N3O2/c1-10-3-2-4-11(7-10)15-9-18-17(22-15)16(21)20-14-8-12-5-6-13(14)19-12/h2-4,7,9,12-14,19H,5-6,8H2,1H3,(H,20,21). The van der Waals surface area contributed by atoms with Crippen molar-refractivity contribution in [3.63, 3.8) is 0 Å². The minimum absolute atomic E-state index is 0.138. The molecule has 2 saturated heterocycles. The number of nitrogens with one attached hydrogen (secondary N) is 2. The number of carbonyl (C=O) groups is 1. The zero-order valence-electron chi connectivity index (χ0n) is 12.5. The Morgan fingerprint density at radius 2 is 2.32 bits per heavy atom. The van der Waals surface area contributed by atoms with Crippen molar-refractivity contribution in [3.05, 3.63) is 41.9 Å². The largest absolute Gasteiger partial charge is 0.432 e. The number of carbonyl (C=O) groups excluding carboxylic acids is 1. The quantitative estimate of drug-likeness (QED) is 0.912. The van der Waals surface area contributed by atoms with Crippen molar-refractivity contribution in [2.45, 2.75) is 44.3 Å². The minimum atomic E-state index is -0.224. The summed E-state index contributed by atoms with van der Waals surface area (Å²) in [6, 6.07) is 9.11. The molecule has 114 valence electrons. The van der Waals surface area contributed by atoms with E-state index in [4.69, 9.17) is 4.42 Å². The number of hydrogen-bond acceptors (Lipinski definition) is 4. The highest BCUT2D eigenvalue weighted by Gasteiger charge is 2.40. The van der Waals surface area contributed by atoms with Crippen molar-refractivity contribution in [1.29, 1.82) is 0 Å². The van der Waals surface area contributed by atoms with Crippen molar-refractivity contribution in [2.75, 3.05) is 0 Å². The van der Waals surface area contributed by atoms with Gasteiger partial charge in [-0.3, -0.25) is 4.79 Å². The van der Waals surface area contributed by atoms with Gasteiger partial charge in [0.05, 0.1) is 6.20 Å². The van der Waals surface area contributed by atoms with E-state index in [1.54, 1.807) is 6.20 Å². The Morgan fingerprint density at radius 3 is 3.05 bits per heavy atom. The summed E-state index contributed by atoms with van der Waals surface area (Å²) >= 11 is 0. The maximum atomic E-state index is 12.3. The van der Waals surface area contributed by atoms with Gasteiger partial charge in [0.15, 0.2) is 5.76 Å². The molecule has 2 aliphatic heterocycles. The van der Waals surface area contributed by atoms with E-state index in [1.807, 2.05) is 31.2 Å². The van der Waals surface area contributed by atoms with E-state index >= 15 is 0 Å². The lowest BCUT2D eigenvalue weighted by Gasteiger charge is -2.20. The van der Waals surface area contributed by atoms with Gasteiger partial charge in [-0.25, -0.2) is 4.98 Å². The molecule has 0 radical (unpaired) electrons. The molecular formula is C17H19N3O2. The number of aryl methyl sites for hydroxylation is 1. The molecule has 0 aliphatic carbocycles. The molecule has 22 heavy (non-hydrogen) atoms. The molecule has 5 heteroatoms. The molecule has 2 N–H and O–H groups in total. The molecule has 2 bridgehead atoms.